The van der Waals surface area contributed by atoms with Crippen LogP contribution in [0.3, 0.4) is 0 Å². The molecule has 3 heterocycles. The summed E-state index contributed by atoms with van der Waals surface area (Å²) in [6.07, 6.45) is 2.92. The second-order valence-corrected chi connectivity index (χ2v) is 10.3. The van der Waals surface area contributed by atoms with Crippen molar-refractivity contribution < 1.29 is 16.8 Å². The predicted molar refractivity (Wildman–Crippen MR) is 98.1 cm³/mol. The van der Waals surface area contributed by atoms with Crippen molar-refractivity contribution in [3.63, 3.8) is 0 Å². The molecule has 10 nitrogen and oxygen atoms in total. The molecule has 0 radical (unpaired) electrons. The van der Waals surface area contributed by atoms with Crippen LogP contribution in [0.25, 0.3) is 11.0 Å². The maximum Gasteiger partial charge on any atom is 0.260 e. The van der Waals surface area contributed by atoms with Crippen molar-refractivity contribution in [2.24, 2.45) is 0 Å². The van der Waals surface area contributed by atoms with Crippen LogP contribution in [0, 0.1) is 0 Å². The zero-order valence-corrected chi connectivity index (χ0v) is 16.5. The number of imidazole rings is 1. The number of rotatable bonds is 4. The van der Waals surface area contributed by atoms with E-state index in [4.69, 9.17) is 0 Å². The number of fused-ring (bicyclic) bond motifs is 1. The lowest BCUT2D eigenvalue weighted by Crippen LogP contribution is -2.37. The van der Waals surface area contributed by atoms with Gasteiger partial charge in [-0.3, -0.25) is 0 Å². The van der Waals surface area contributed by atoms with Crippen LogP contribution in [0.15, 0.2) is 40.6 Å². The summed E-state index contributed by atoms with van der Waals surface area (Å²) in [6, 6.07) is 4.84. The summed E-state index contributed by atoms with van der Waals surface area (Å²) in [5.41, 5.74) is 0.869. The molecule has 0 spiro atoms. The minimum Gasteiger partial charge on any atom is -0.335 e. The summed E-state index contributed by atoms with van der Waals surface area (Å²) >= 11 is 0.956. The van der Waals surface area contributed by atoms with Gasteiger partial charge in [0, 0.05) is 26.2 Å². The van der Waals surface area contributed by atoms with E-state index in [1.807, 2.05) is 0 Å². The highest BCUT2D eigenvalue weighted by Gasteiger charge is 2.33. The van der Waals surface area contributed by atoms with Crippen molar-refractivity contribution in [2.45, 2.75) is 16.3 Å². The second-order valence-electron chi connectivity index (χ2n) is 5.97. The summed E-state index contributed by atoms with van der Waals surface area (Å²) in [5.74, 6) is 0. The minimum atomic E-state index is -3.81. The molecule has 144 valence electrons. The lowest BCUT2D eigenvalue weighted by molar-refractivity contribution is 0.404. The average molecular weight is 429 g/mol. The van der Waals surface area contributed by atoms with Crippen LogP contribution in [-0.2, 0) is 20.0 Å². The molecule has 4 rings (SSSR count). The molecule has 3 aromatic rings. The summed E-state index contributed by atoms with van der Waals surface area (Å²) < 4.78 is 62.3. The minimum absolute atomic E-state index is 0.00266. The molecule has 0 bridgehead atoms. The van der Waals surface area contributed by atoms with E-state index in [1.165, 1.54) is 27.2 Å². The topological polar surface area (TPSA) is 129 Å². The summed E-state index contributed by atoms with van der Waals surface area (Å²) in [4.78, 5) is 6.43. The lowest BCUT2D eigenvalue weighted by Gasteiger charge is -2.21. The third-order valence-electron chi connectivity index (χ3n) is 4.37. The normalized spacial score (nSPS) is 17.9. The first-order chi connectivity index (χ1) is 12.9. The molecule has 1 aliphatic heterocycles. The van der Waals surface area contributed by atoms with Gasteiger partial charge < -0.3 is 4.98 Å². The van der Waals surface area contributed by atoms with Gasteiger partial charge in [0.2, 0.25) is 10.0 Å². The number of H-pyrrole nitrogens is 1. The van der Waals surface area contributed by atoms with Crippen LogP contribution in [0.2, 0.25) is 0 Å². The first-order valence-electron chi connectivity index (χ1n) is 8.11. The SMILES string of the molecule is O=S(=O)(c1cnc[nH]1)N1CCCN(S(=O)(=O)c2cccc3nsnc23)CC1. The highest BCUT2D eigenvalue weighted by atomic mass is 32.2. The predicted octanol–water partition coefficient (Wildman–Crippen LogP) is 0.500. The van der Waals surface area contributed by atoms with Crippen LogP contribution >= 0.6 is 11.7 Å². The molecule has 27 heavy (non-hydrogen) atoms. The van der Waals surface area contributed by atoms with Crippen LogP contribution in [0.5, 0.6) is 0 Å². The van der Waals surface area contributed by atoms with Crippen molar-refractivity contribution in [1.29, 1.82) is 0 Å². The number of benzene rings is 1. The molecule has 0 atom stereocenters. The van der Waals surface area contributed by atoms with Crippen LogP contribution in [0.4, 0.5) is 0 Å². The van der Waals surface area contributed by atoms with E-state index in [0.717, 1.165) is 11.7 Å². The smallest absolute Gasteiger partial charge is 0.260 e. The van der Waals surface area contributed by atoms with Crippen LogP contribution < -0.4 is 0 Å². The maximum atomic E-state index is 13.1. The summed E-state index contributed by atoms with van der Waals surface area (Å²) in [5, 5.41) is -0.00266. The molecule has 0 aliphatic carbocycles. The molecule has 1 saturated heterocycles. The highest BCUT2D eigenvalue weighted by molar-refractivity contribution is 7.89. The Morgan fingerprint density at radius 1 is 0.963 bits per heavy atom. The van der Waals surface area contributed by atoms with E-state index in [-0.39, 0.29) is 36.1 Å². The van der Waals surface area contributed by atoms with Gasteiger partial charge in [-0.05, 0) is 18.6 Å². The van der Waals surface area contributed by atoms with Gasteiger partial charge in [-0.1, -0.05) is 6.07 Å². The van der Waals surface area contributed by atoms with E-state index in [1.54, 1.807) is 12.1 Å². The fourth-order valence-corrected chi connectivity index (χ4v) is 6.59. The van der Waals surface area contributed by atoms with Gasteiger partial charge in [0.15, 0.2) is 5.03 Å². The Morgan fingerprint density at radius 3 is 2.41 bits per heavy atom. The number of hydrogen-bond donors (Lipinski definition) is 1. The molecular weight excluding hydrogens is 412 g/mol. The highest BCUT2D eigenvalue weighted by Crippen LogP contribution is 2.26. The first kappa shape index (κ1) is 18.4. The van der Waals surface area contributed by atoms with E-state index < -0.39 is 20.0 Å². The lowest BCUT2D eigenvalue weighted by atomic mass is 10.3. The Morgan fingerprint density at radius 2 is 1.70 bits per heavy atom. The Hall–Kier alpha value is -1.93. The third-order valence-corrected chi connectivity index (χ3v) is 8.67. The van der Waals surface area contributed by atoms with Crippen LogP contribution in [0.1, 0.15) is 6.42 Å². The van der Waals surface area contributed by atoms with Crippen molar-refractivity contribution >= 4 is 42.8 Å². The van der Waals surface area contributed by atoms with Gasteiger partial charge in [-0.2, -0.15) is 17.4 Å². The number of aromatic amines is 1. The zero-order chi connectivity index (χ0) is 19.1. The quantitative estimate of drug-likeness (QED) is 0.640. The van der Waals surface area contributed by atoms with Gasteiger partial charge in [0.1, 0.15) is 15.9 Å². The van der Waals surface area contributed by atoms with E-state index in [2.05, 4.69) is 18.7 Å². The first-order valence-corrected chi connectivity index (χ1v) is 11.7. The van der Waals surface area contributed by atoms with Gasteiger partial charge in [0.05, 0.1) is 24.3 Å². The average Bonchev–Trinajstić information content (AvgIpc) is 3.28. The largest absolute Gasteiger partial charge is 0.335 e. The van der Waals surface area contributed by atoms with E-state index >= 15 is 0 Å². The van der Waals surface area contributed by atoms with Crippen molar-refractivity contribution in [3.05, 3.63) is 30.7 Å². The van der Waals surface area contributed by atoms with Crippen molar-refractivity contribution in [3.8, 4) is 0 Å². The van der Waals surface area contributed by atoms with Gasteiger partial charge in [-0.25, -0.2) is 21.8 Å². The molecule has 0 unspecified atom stereocenters. The summed E-state index contributed by atoms with van der Waals surface area (Å²) in [6.45, 7) is 0.580. The monoisotopic (exact) mass is 428 g/mol. The van der Waals surface area contributed by atoms with Crippen molar-refractivity contribution in [2.75, 3.05) is 26.2 Å². The van der Waals surface area contributed by atoms with Crippen molar-refractivity contribution in [1.82, 2.24) is 27.3 Å². The van der Waals surface area contributed by atoms with Gasteiger partial charge in [-0.15, -0.1) is 0 Å². The molecule has 13 heteroatoms. The molecule has 1 N–H and O–H groups in total. The Bertz CT molecular complexity index is 1160. The molecule has 0 saturated carbocycles. The van der Waals surface area contributed by atoms with E-state index in [9.17, 15) is 16.8 Å². The van der Waals surface area contributed by atoms with E-state index in [0.29, 0.717) is 17.5 Å². The molecule has 0 amide bonds. The molecular formula is C14H16N6O4S3. The number of nitrogens with one attached hydrogen (secondary N) is 1. The van der Waals surface area contributed by atoms with Gasteiger partial charge >= 0.3 is 0 Å². The van der Waals surface area contributed by atoms with Gasteiger partial charge in [0.25, 0.3) is 10.0 Å². The Labute approximate surface area is 160 Å². The zero-order valence-electron chi connectivity index (χ0n) is 14.0. The Kier molecular flexibility index (Phi) is 4.71. The standard InChI is InChI=1S/C14H16N6O4S3/c21-26(22,12-4-1-3-11-14(12)18-25-17-11)19-5-2-6-20(8-7-19)27(23,24)13-9-15-10-16-13/h1,3-4,9-10H,2,5-8H2,(H,15,16). The summed E-state index contributed by atoms with van der Waals surface area (Å²) in [7, 11) is -7.54. The number of aromatic nitrogens is 4. The number of nitrogens with zero attached hydrogens (tertiary/aromatic N) is 5. The fraction of sp³-hybridized carbons (Fsp3) is 0.357. The maximum absolute atomic E-state index is 13.1. The molecule has 2 aromatic heterocycles. The molecule has 1 fully saturated rings. The number of hydrogen-bond acceptors (Lipinski definition) is 8. The fourth-order valence-electron chi connectivity index (χ4n) is 3.00. The molecule has 1 aliphatic rings. The number of sulfonamides is 2. The second kappa shape index (κ2) is 6.91. The van der Waals surface area contributed by atoms with Crippen LogP contribution in [-0.4, -0.2) is 70.3 Å². The third kappa shape index (κ3) is 3.25. The Balaban J connectivity index is 1.60. The molecule has 1 aromatic carbocycles.